The molecule has 3 aromatic rings. The molecule has 0 saturated heterocycles. The Bertz CT molecular complexity index is 1080. The zero-order valence-electron chi connectivity index (χ0n) is 17.9. The van der Waals surface area contributed by atoms with Gasteiger partial charge in [0.1, 0.15) is 11.6 Å². The van der Waals surface area contributed by atoms with Crippen LogP contribution < -0.4 is 4.74 Å². The summed E-state index contributed by atoms with van der Waals surface area (Å²) in [6.07, 6.45) is 4.47. The molecule has 0 aliphatic carbocycles. The molecule has 0 N–H and O–H groups in total. The highest BCUT2D eigenvalue weighted by Crippen LogP contribution is 2.32. The van der Waals surface area contributed by atoms with Crippen LogP contribution in [0.15, 0.2) is 48.8 Å². The molecular weight excluding hydrogens is 395 g/mol. The maximum Gasteiger partial charge on any atom is 0.228 e. The van der Waals surface area contributed by atoms with Crippen molar-refractivity contribution in [3.63, 3.8) is 0 Å². The van der Waals surface area contributed by atoms with Crippen LogP contribution in [0.2, 0.25) is 0 Å². The van der Waals surface area contributed by atoms with E-state index in [1.807, 2.05) is 17.0 Å². The SMILES string of the molecule is CC(C)(C)CC(=O)N1CCc2nc(-c3cccnc3)nc(Oc3ccc(F)cc3)c2C1. The fourth-order valence-corrected chi connectivity index (χ4v) is 3.49. The zero-order valence-corrected chi connectivity index (χ0v) is 17.9. The van der Waals surface area contributed by atoms with E-state index in [0.717, 1.165) is 16.8 Å². The predicted molar refractivity (Wildman–Crippen MR) is 115 cm³/mol. The van der Waals surface area contributed by atoms with Gasteiger partial charge in [-0.3, -0.25) is 9.78 Å². The minimum atomic E-state index is -0.341. The first-order chi connectivity index (χ1) is 14.8. The molecule has 3 heterocycles. The highest BCUT2D eigenvalue weighted by molar-refractivity contribution is 5.77. The molecule has 0 unspecified atom stereocenters. The van der Waals surface area contributed by atoms with Gasteiger partial charge in [-0.15, -0.1) is 0 Å². The number of carbonyl (C=O) groups is 1. The van der Waals surface area contributed by atoms with Crippen molar-refractivity contribution in [2.24, 2.45) is 5.41 Å². The van der Waals surface area contributed by atoms with Gasteiger partial charge in [0.25, 0.3) is 0 Å². The molecule has 160 valence electrons. The van der Waals surface area contributed by atoms with Crippen LogP contribution in [0, 0.1) is 11.2 Å². The maximum atomic E-state index is 13.3. The number of benzene rings is 1. The minimum absolute atomic E-state index is 0.0918. The first-order valence-electron chi connectivity index (χ1n) is 10.3. The number of rotatable bonds is 4. The lowest BCUT2D eigenvalue weighted by molar-refractivity contribution is -0.134. The second-order valence-corrected chi connectivity index (χ2v) is 8.88. The Balaban J connectivity index is 1.70. The van der Waals surface area contributed by atoms with Gasteiger partial charge in [0.2, 0.25) is 11.8 Å². The van der Waals surface area contributed by atoms with Gasteiger partial charge in [-0.25, -0.2) is 9.37 Å². The van der Waals surface area contributed by atoms with E-state index in [9.17, 15) is 9.18 Å². The molecule has 7 heteroatoms. The molecule has 4 rings (SSSR count). The van der Waals surface area contributed by atoms with Crippen molar-refractivity contribution < 1.29 is 13.9 Å². The van der Waals surface area contributed by atoms with Gasteiger partial charge in [-0.2, -0.15) is 4.98 Å². The smallest absolute Gasteiger partial charge is 0.228 e. The number of hydrogen-bond acceptors (Lipinski definition) is 5. The van der Waals surface area contributed by atoms with E-state index in [0.29, 0.717) is 43.4 Å². The molecular formula is C24H25FN4O2. The number of pyridine rings is 1. The Kier molecular flexibility index (Phi) is 5.67. The minimum Gasteiger partial charge on any atom is -0.439 e. The summed E-state index contributed by atoms with van der Waals surface area (Å²) in [4.78, 5) is 28.2. The molecule has 1 aromatic carbocycles. The largest absolute Gasteiger partial charge is 0.439 e. The number of aromatic nitrogens is 3. The molecule has 0 saturated carbocycles. The number of halogens is 1. The predicted octanol–water partition coefficient (Wildman–Crippen LogP) is 4.79. The molecule has 6 nitrogen and oxygen atoms in total. The molecule has 1 aliphatic heterocycles. The second-order valence-electron chi connectivity index (χ2n) is 8.88. The van der Waals surface area contributed by atoms with Crippen LogP contribution in [0.1, 0.15) is 38.4 Å². The summed E-state index contributed by atoms with van der Waals surface area (Å²) in [5.41, 5.74) is 2.32. The number of hydrogen-bond donors (Lipinski definition) is 0. The van der Waals surface area contributed by atoms with Gasteiger partial charge in [0, 0.05) is 37.3 Å². The molecule has 0 atom stereocenters. The number of ether oxygens (including phenoxy) is 1. The molecule has 1 aliphatic rings. The Labute approximate surface area is 181 Å². The first kappa shape index (κ1) is 20.9. The van der Waals surface area contributed by atoms with Crippen LogP contribution in [0.5, 0.6) is 11.6 Å². The number of fused-ring (bicyclic) bond motifs is 1. The van der Waals surface area contributed by atoms with Crippen molar-refractivity contribution in [2.45, 2.75) is 40.2 Å². The number of carbonyl (C=O) groups excluding carboxylic acids is 1. The van der Waals surface area contributed by atoms with Crippen molar-refractivity contribution in [3.05, 3.63) is 65.9 Å². The van der Waals surface area contributed by atoms with Crippen molar-refractivity contribution in [1.29, 1.82) is 0 Å². The van der Waals surface area contributed by atoms with E-state index in [4.69, 9.17) is 9.72 Å². The van der Waals surface area contributed by atoms with E-state index in [1.165, 1.54) is 12.1 Å². The Morgan fingerprint density at radius 1 is 1.16 bits per heavy atom. The molecule has 0 bridgehead atoms. The lowest BCUT2D eigenvalue weighted by atomic mass is 9.91. The van der Waals surface area contributed by atoms with Crippen LogP contribution in [0.25, 0.3) is 11.4 Å². The summed E-state index contributed by atoms with van der Waals surface area (Å²) in [6, 6.07) is 9.50. The molecule has 1 amide bonds. The van der Waals surface area contributed by atoms with Gasteiger partial charge in [-0.1, -0.05) is 20.8 Å². The van der Waals surface area contributed by atoms with E-state index in [-0.39, 0.29) is 17.1 Å². The lowest BCUT2D eigenvalue weighted by Crippen LogP contribution is -2.38. The molecule has 31 heavy (non-hydrogen) atoms. The first-order valence-corrected chi connectivity index (χ1v) is 10.3. The molecule has 0 spiro atoms. The van der Waals surface area contributed by atoms with E-state index in [1.54, 1.807) is 24.5 Å². The summed E-state index contributed by atoms with van der Waals surface area (Å²) < 4.78 is 19.4. The summed E-state index contributed by atoms with van der Waals surface area (Å²) in [7, 11) is 0. The van der Waals surface area contributed by atoms with E-state index >= 15 is 0 Å². The third kappa shape index (κ3) is 5.05. The fourth-order valence-electron chi connectivity index (χ4n) is 3.49. The average molecular weight is 420 g/mol. The van der Waals surface area contributed by atoms with Crippen LogP contribution in [0.3, 0.4) is 0 Å². The normalized spacial score (nSPS) is 13.6. The monoisotopic (exact) mass is 420 g/mol. The van der Waals surface area contributed by atoms with Gasteiger partial charge in [-0.05, 0) is 41.8 Å². The quantitative estimate of drug-likeness (QED) is 0.607. The summed E-state index contributed by atoms with van der Waals surface area (Å²) >= 11 is 0. The van der Waals surface area contributed by atoms with Crippen LogP contribution in [-0.4, -0.2) is 32.3 Å². The fraction of sp³-hybridized carbons (Fsp3) is 0.333. The lowest BCUT2D eigenvalue weighted by Gasteiger charge is -2.31. The summed E-state index contributed by atoms with van der Waals surface area (Å²) in [6.45, 7) is 7.13. The van der Waals surface area contributed by atoms with E-state index < -0.39 is 0 Å². The third-order valence-corrected chi connectivity index (χ3v) is 5.00. The van der Waals surface area contributed by atoms with Crippen LogP contribution >= 0.6 is 0 Å². The van der Waals surface area contributed by atoms with Crippen molar-refractivity contribution in [2.75, 3.05) is 6.54 Å². The zero-order chi connectivity index (χ0) is 22.0. The van der Waals surface area contributed by atoms with Crippen molar-refractivity contribution >= 4 is 5.91 Å². The van der Waals surface area contributed by atoms with Crippen molar-refractivity contribution in [3.8, 4) is 23.0 Å². The van der Waals surface area contributed by atoms with Gasteiger partial charge < -0.3 is 9.64 Å². The Hall–Kier alpha value is -3.35. The summed E-state index contributed by atoms with van der Waals surface area (Å²) in [5.74, 6) is 1.12. The highest BCUT2D eigenvalue weighted by atomic mass is 19.1. The molecule has 2 aromatic heterocycles. The highest BCUT2D eigenvalue weighted by Gasteiger charge is 2.29. The molecule has 0 radical (unpaired) electrons. The topological polar surface area (TPSA) is 68.2 Å². The molecule has 0 fully saturated rings. The average Bonchev–Trinajstić information content (AvgIpc) is 2.74. The Morgan fingerprint density at radius 2 is 1.94 bits per heavy atom. The number of nitrogens with zero attached hydrogens (tertiary/aromatic N) is 4. The van der Waals surface area contributed by atoms with Gasteiger partial charge >= 0.3 is 0 Å². The van der Waals surface area contributed by atoms with Crippen LogP contribution in [0.4, 0.5) is 4.39 Å². The standard InChI is InChI=1S/C24H25FN4O2/c1-24(2,3)13-21(30)29-12-10-20-19(15-29)23(31-18-8-6-17(25)7-9-18)28-22(27-20)16-5-4-11-26-14-16/h4-9,11,14H,10,12-13,15H2,1-3H3. The third-order valence-electron chi connectivity index (χ3n) is 5.00. The maximum absolute atomic E-state index is 13.3. The summed E-state index contributed by atoms with van der Waals surface area (Å²) in [5, 5.41) is 0. The van der Waals surface area contributed by atoms with Gasteiger partial charge in [0.05, 0.1) is 17.8 Å². The van der Waals surface area contributed by atoms with E-state index in [2.05, 4.69) is 30.7 Å². The van der Waals surface area contributed by atoms with Crippen molar-refractivity contribution in [1.82, 2.24) is 19.9 Å². The number of amides is 1. The Morgan fingerprint density at radius 3 is 2.61 bits per heavy atom. The van der Waals surface area contributed by atoms with Gasteiger partial charge in [0.15, 0.2) is 5.82 Å². The van der Waals surface area contributed by atoms with Crippen LogP contribution in [-0.2, 0) is 17.8 Å². The second kappa shape index (κ2) is 8.41.